The maximum absolute atomic E-state index is 9.98. The third-order valence-electron chi connectivity index (χ3n) is 1.98. The van der Waals surface area contributed by atoms with E-state index in [4.69, 9.17) is 5.73 Å². The second kappa shape index (κ2) is 9.52. The third kappa shape index (κ3) is 11.4. The lowest BCUT2D eigenvalue weighted by Gasteiger charge is -2.08. The fraction of sp³-hybridized carbons (Fsp3) is 0.900. The number of hydrogen-bond acceptors (Lipinski definition) is 2. The van der Waals surface area contributed by atoms with Crippen LogP contribution in [0.2, 0.25) is 0 Å². The summed E-state index contributed by atoms with van der Waals surface area (Å²) in [5.41, 5.74) is 4.84. The zero-order chi connectivity index (χ0) is 9.94. The maximum atomic E-state index is 9.98. The van der Waals surface area contributed by atoms with E-state index in [2.05, 4.69) is 5.32 Å². The monoisotopic (exact) mass is 186 g/mol. The van der Waals surface area contributed by atoms with Gasteiger partial charge in [-0.3, -0.25) is 4.79 Å². The topological polar surface area (TPSA) is 55.1 Å². The highest BCUT2D eigenvalue weighted by Crippen LogP contribution is 1.96. The summed E-state index contributed by atoms with van der Waals surface area (Å²) in [5.74, 6) is -0.193. The molecular weight excluding hydrogens is 164 g/mol. The summed E-state index contributed by atoms with van der Waals surface area (Å²) in [6.45, 7) is 4.53. The van der Waals surface area contributed by atoms with Crippen LogP contribution in [0, 0.1) is 0 Å². The van der Waals surface area contributed by atoms with Crippen molar-refractivity contribution in [1.82, 2.24) is 5.32 Å². The van der Waals surface area contributed by atoms with Gasteiger partial charge in [-0.2, -0.15) is 0 Å². The molecule has 0 aromatic heterocycles. The Morgan fingerprint density at radius 3 is 2.08 bits per heavy atom. The van der Waals surface area contributed by atoms with Crippen molar-refractivity contribution in [2.24, 2.45) is 5.73 Å². The van der Waals surface area contributed by atoms with E-state index >= 15 is 0 Å². The molecule has 78 valence electrons. The van der Waals surface area contributed by atoms with Gasteiger partial charge in [0.15, 0.2) is 0 Å². The molecule has 1 heterocycles. The molecule has 0 saturated carbocycles. The van der Waals surface area contributed by atoms with Gasteiger partial charge in [-0.1, -0.05) is 19.8 Å². The molecule has 0 radical (unpaired) electrons. The smallest absolute Gasteiger partial charge is 0.217 e. The summed E-state index contributed by atoms with van der Waals surface area (Å²) in [7, 11) is 0. The van der Waals surface area contributed by atoms with Gasteiger partial charge in [0.05, 0.1) is 0 Å². The van der Waals surface area contributed by atoms with Crippen molar-refractivity contribution in [2.45, 2.75) is 45.4 Å². The summed E-state index contributed by atoms with van der Waals surface area (Å²) in [4.78, 5) is 9.98. The second-order valence-electron chi connectivity index (χ2n) is 3.38. The van der Waals surface area contributed by atoms with E-state index in [0.29, 0.717) is 6.42 Å². The van der Waals surface area contributed by atoms with Gasteiger partial charge in [-0.15, -0.1) is 0 Å². The Labute approximate surface area is 81.1 Å². The number of carbonyl (C=O) groups excluding carboxylic acids is 1. The molecule has 0 aliphatic carbocycles. The van der Waals surface area contributed by atoms with Crippen LogP contribution in [0.1, 0.15) is 45.4 Å². The first kappa shape index (κ1) is 12.4. The second-order valence-corrected chi connectivity index (χ2v) is 3.38. The van der Waals surface area contributed by atoms with Crippen LogP contribution >= 0.6 is 0 Å². The van der Waals surface area contributed by atoms with Crippen molar-refractivity contribution >= 4 is 5.91 Å². The standard InChI is InChI=1S/C5H11NO.C5H11N/c1-2-3-4-5(6)7;1-2-4-6-5-3-1/h2-4H2,1H3,(H2,6,7);6H,1-5H2. The summed E-state index contributed by atoms with van der Waals surface area (Å²) >= 11 is 0. The molecular formula is C10H22N2O. The predicted molar refractivity (Wildman–Crippen MR) is 55.4 cm³/mol. The van der Waals surface area contributed by atoms with E-state index in [1.54, 1.807) is 0 Å². The Morgan fingerprint density at radius 1 is 1.31 bits per heavy atom. The molecule has 1 saturated heterocycles. The van der Waals surface area contributed by atoms with Crippen molar-refractivity contribution in [3.63, 3.8) is 0 Å². The summed E-state index contributed by atoms with van der Waals surface area (Å²) in [5, 5.41) is 3.28. The molecule has 1 amide bonds. The van der Waals surface area contributed by atoms with E-state index in [0.717, 1.165) is 12.8 Å². The zero-order valence-electron chi connectivity index (χ0n) is 8.64. The van der Waals surface area contributed by atoms with Crippen LogP contribution in [-0.2, 0) is 4.79 Å². The lowest BCUT2D eigenvalue weighted by molar-refractivity contribution is -0.118. The van der Waals surface area contributed by atoms with Gasteiger partial charge in [0.1, 0.15) is 0 Å². The molecule has 1 aliphatic heterocycles. The number of piperidine rings is 1. The molecule has 0 unspecified atom stereocenters. The Balaban J connectivity index is 0.000000223. The van der Waals surface area contributed by atoms with Crippen molar-refractivity contribution in [3.05, 3.63) is 0 Å². The fourth-order valence-electron chi connectivity index (χ4n) is 1.15. The molecule has 1 aliphatic rings. The van der Waals surface area contributed by atoms with Crippen LogP contribution in [0.5, 0.6) is 0 Å². The highest BCUT2D eigenvalue weighted by Gasteiger charge is 1.93. The average molecular weight is 186 g/mol. The van der Waals surface area contributed by atoms with Gasteiger partial charge in [0, 0.05) is 6.42 Å². The molecule has 3 N–H and O–H groups in total. The predicted octanol–water partition coefficient (Wildman–Crippen LogP) is 1.42. The van der Waals surface area contributed by atoms with E-state index in [9.17, 15) is 4.79 Å². The molecule has 3 heteroatoms. The van der Waals surface area contributed by atoms with E-state index in [1.165, 1.54) is 32.4 Å². The molecule has 0 spiro atoms. The lowest BCUT2D eigenvalue weighted by atomic mass is 10.2. The number of amides is 1. The van der Waals surface area contributed by atoms with Gasteiger partial charge in [0.2, 0.25) is 5.91 Å². The largest absolute Gasteiger partial charge is 0.370 e. The Hall–Kier alpha value is -0.570. The number of carbonyl (C=O) groups is 1. The van der Waals surface area contributed by atoms with Gasteiger partial charge in [-0.25, -0.2) is 0 Å². The number of nitrogens with one attached hydrogen (secondary N) is 1. The summed E-state index contributed by atoms with van der Waals surface area (Å²) in [6.07, 6.45) is 6.72. The Kier molecular flexibility index (Phi) is 9.10. The number of rotatable bonds is 3. The number of unbranched alkanes of at least 4 members (excludes halogenated alkanes) is 1. The van der Waals surface area contributed by atoms with Gasteiger partial charge < -0.3 is 11.1 Å². The first-order chi connectivity index (χ1) is 6.27. The normalized spacial score (nSPS) is 15.8. The van der Waals surface area contributed by atoms with Crippen molar-refractivity contribution in [2.75, 3.05) is 13.1 Å². The molecule has 3 nitrogen and oxygen atoms in total. The highest BCUT2D eigenvalue weighted by molar-refractivity contribution is 5.73. The Morgan fingerprint density at radius 2 is 1.92 bits per heavy atom. The molecule has 0 aromatic rings. The molecule has 1 fully saturated rings. The van der Waals surface area contributed by atoms with Crippen molar-refractivity contribution < 1.29 is 4.79 Å². The molecule has 0 aromatic carbocycles. The van der Waals surface area contributed by atoms with Crippen LogP contribution in [0.25, 0.3) is 0 Å². The minimum atomic E-state index is -0.193. The van der Waals surface area contributed by atoms with Gasteiger partial charge >= 0.3 is 0 Å². The quantitative estimate of drug-likeness (QED) is 0.700. The molecule has 0 atom stereocenters. The fourth-order valence-corrected chi connectivity index (χ4v) is 1.15. The van der Waals surface area contributed by atoms with Gasteiger partial charge in [-0.05, 0) is 32.4 Å². The highest BCUT2D eigenvalue weighted by atomic mass is 16.1. The van der Waals surface area contributed by atoms with Gasteiger partial charge in [0.25, 0.3) is 0 Å². The van der Waals surface area contributed by atoms with Crippen LogP contribution < -0.4 is 11.1 Å². The Bertz CT molecular complexity index is 111. The first-order valence-corrected chi connectivity index (χ1v) is 5.26. The van der Waals surface area contributed by atoms with E-state index in [-0.39, 0.29) is 5.91 Å². The average Bonchev–Trinajstić information content (AvgIpc) is 2.18. The minimum Gasteiger partial charge on any atom is -0.370 e. The molecule has 1 rings (SSSR count). The first-order valence-electron chi connectivity index (χ1n) is 5.26. The molecule has 0 bridgehead atoms. The van der Waals surface area contributed by atoms with E-state index in [1.807, 2.05) is 6.92 Å². The van der Waals surface area contributed by atoms with Crippen LogP contribution in [0.4, 0.5) is 0 Å². The van der Waals surface area contributed by atoms with E-state index < -0.39 is 0 Å². The molecule has 13 heavy (non-hydrogen) atoms. The summed E-state index contributed by atoms with van der Waals surface area (Å²) < 4.78 is 0. The van der Waals surface area contributed by atoms with Crippen molar-refractivity contribution in [1.29, 1.82) is 0 Å². The van der Waals surface area contributed by atoms with Crippen LogP contribution in [0.15, 0.2) is 0 Å². The van der Waals surface area contributed by atoms with Crippen molar-refractivity contribution in [3.8, 4) is 0 Å². The lowest BCUT2D eigenvalue weighted by Crippen LogP contribution is -2.21. The number of primary amides is 1. The van der Waals surface area contributed by atoms with Crippen LogP contribution in [-0.4, -0.2) is 19.0 Å². The zero-order valence-corrected chi connectivity index (χ0v) is 8.64. The number of hydrogen-bond donors (Lipinski definition) is 2. The SMILES string of the molecule is C1CCNCC1.CCCCC(N)=O. The third-order valence-corrected chi connectivity index (χ3v) is 1.98. The number of nitrogens with two attached hydrogens (primary N) is 1. The minimum absolute atomic E-state index is 0.193. The maximum Gasteiger partial charge on any atom is 0.217 e. The summed E-state index contributed by atoms with van der Waals surface area (Å²) in [6, 6.07) is 0. The van der Waals surface area contributed by atoms with Crippen LogP contribution in [0.3, 0.4) is 0 Å².